The normalized spacial score (nSPS) is 12.7. The number of aryl methyl sites for hydroxylation is 4. The van der Waals surface area contributed by atoms with Gasteiger partial charge in [-0.05, 0) is 63.8 Å². The third-order valence-electron chi connectivity index (χ3n) is 11.9. The van der Waals surface area contributed by atoms with Gasteiger partial charge in [-0.25, -0.2) is 87.8 Å². The molecule has 0 radical (unpaired) electrons. The largest absolute Gasteiger partial charge is 0.207 e. The van der Waals surface area contributed by atoms with Gasteiger partial charge in [0.15, 0.2) is 69.8 Å². The lowest BCUT2D eigenvalue weighted by molar-refractivity contribution is 0.378. The summed E-state index contributed by atoms with van der Waals surface area (Å²) in [6.45, 7) is 13.4. The van der Waals surface area contributed by atoms with Gasteiger partial charge in [-0.3, -0.25) is 0 Å². The Hall–Kier alpha value is -6.93. The Labute approximate surface area is 383 Å². The molecule has 0 N–H and O–H groups in total. The van der Waals surface area contributed by atoms with Gasteiger partial charge in [-0.1, -0.05) is 36.4 Å². The van der Waals surface area contributed by atoms with Gasteiger partial charge in [-0.15, -0.1) is 21.9 Å². The molecular weight excluding hydrogens is 979 g/mol. The number of hydrogen-bond donors (Lipinski definition) is 0. The van der Waals surface area contributed by atoms with Gasteiger partial charge >= 0.3 is 0 Å². The highest BCUT2D eigenvalue weighted by atomic mass is 19.2. The number of halogens is 20. The Kier molecular flexibility index (Phi) is 14.3. The van der Waals surface area contributed by atoms with E-state index in [1.807, 2.05) is 0 Å². The predicted molar refractivity (Wildman–Crippen MR) is 219 cm³/mol. The standard InChI is InChI=1S/C25H27.C24BF20/c1-16-10-7-11-17(2)22(16)25(23-18(3)12-8-13-19(23)4)24-20(5)14-9-15-21(24)6;26-5-1(6(27)14(35)21(42)13(5)34)25(2-7(28)15(36)22(43)16(37)8(2)29,3-9(30)17(38)23(44)18(39)10(3)31)4-11(32)19(40)24(45)20(41)12(4)33/h7-15H,1-6H3;/q+1;-1. The molecule has 6 aromatic carbocycles. The van der Waals surface area contributed by atoms with E-state index >= 15 is 35.1 Å². The fourth-order valence-corrected chi connectivity index (χ4v) is 8.88. The average Bonchev–Trinajstić information content (AvgIpc) is 3.31. The molecule has 0 unspecified atom stereocenters. The second-order valence-electron chi connectivity index (χ2n) is 16.0. The zero-order valence-corrected chi connectivity index (χ0v) is 36.3. The predicted octanol–water partition coefficient (Wildman–Crippen LogP) is 12.7. The van der Waals surface area contributed by atoms with Gasteiger partial charge < -0.3 is 0 Å². The third-order valence-corrected chi connectivity index (χ3v) is 11.9. The molecule has 1 aliphatic rings. The first-order chi connectivity index (χ1) is 32.6. The Morgan fingerprint density at radius 2 is 0.557 bits per heavy atom. The molecule has 0 aliphatic heterocycles. The van der Waals surface area contributed by atoms with Crippen LogP contribution in [0.4, 0.5) is 87.8 Å². The van der Waals surface area contributed by atoms with Crippen molar-refractivity contribution in [3.63, 3.8) is 0 Å². The van der Waals surface area contributed by atoms with Gasteiger partial charge in [0.25, 0.3) is 0 Å². The minimum absolute atomic E-state index is 1.33. The highest BCUT2D eigenvalue weighted by molar-refractivity contribution is 7.20. The molecule has 70 heavy (non-hydrogen) atoms. The van der Waals surface area contributed by atoms with E-state index in [4.69, 9.17) is 0 Å². The van der Waals surface area contributed by atoms with Crippen molar-refractivity contribution >= 4 is 33.6 Å². The van der Waals surface area contributed by atoms with E-state index < -0.39 is 144 Å². The van der Waals surface area contributed by atoms with E-state index in [0.29, 0.717) is 0 Å². The van der Waals surface area contributed by atoms with Crippen molar-refractivity contribution in [2.24, 2.45) is 0 Å². The molecule has 21 heteroatoms. The molecule has 0 spiro atoms. The average molecular weight is 1010 g/mol. The molecule has 7 rings (SSSR count). The van der Waals surface area contributed by atoms with Gasteiger partial charge in [0.1, 0.15) is 58.3 Å². The number of benzene rings is 6. The minimum atomic E-state index is -7.22. The first-order valence-corrected chi connectivity index (χ1v) is 19.9. The fourth-order valence-electron chi connectivity index (χ4n) is 8.88. The smallest absolute Gasteiger partial charge is 0.200 e. The SMILES string of the molecule is CC1=CC=C[C+](C)C1=C(c1c(C)cccc1C)c1c(C)cccc1C.Fc1c(F)c(F)c([B-](c2c(F)c(F)c(F)c(F)c2F)(c2c(F)c(F)c(F)c(F)c2F)c2c(F)c(F)c(F)c(F)c2F)c(F)c1F. The summed E-state index contributed by atoms with van der Waals surface area (Å²) in [6, 6.07) is 13.2. The molecule has 0 bridgehead atoms. The summed E-state index contributed by atoms with van der Waals surface area (Å²) < 4.78 is 294. The Morgan fingerprint density at radius 1 is 0.343 bits per heavy atom. The van der Waals surface area contributed by atoms with Gasteiger partial charge in [0.05, 0.1) is 5.57 Å². The Morgan fingerprint density at radius 3 is 0.771 bits per heavy atom. The van der Waals surface area contributed by atoms with Crippen LogP contribution in [0.1, 0.15) is 47.2 Å². The summed E-state index contributed by atoms with van der Waals surface area (Å²) >= 11 is 0. The molecular formula is C49H27BF20. The van der Waals surface area contributed by atoms with Crippen molar-refractivity contribution in [3.8, 4) is 0 Å². The molecule has 0 fully saturated rings. The van der Waals surface area contributed by atoms with Crippen molar-refractivity contribution in [2.45, 2.75) is 41.5 Å². The van der Waals surface area contributed by atoms with Crippen LogP contribution in [0.5, 0.6) is 0 Å². The molecule has 1 aliphatic carbocycles. The van der Waals surface area contributed by atoms with Crippen LogP contribution in [0, 0.1) is 150 Å². The summed E-state index contributed by atoms with van der Waals surface area (Å²) in [7, 11) is 0. The van der Waals surface area contributed by atoms with Crippen molar-refractivity contribution in [3.05, 3.63) is 221 Å². The monoisotopic (exact) mass is 1010 g/mol. The van der Waals surface area contributed by atoms with Crippen LogP contribution >= 0.6 is 0 Å². The maximum atomic E-state index is 15.4. The molecule has 0 aromatic heterocycles. The molecule has 0 heterocycles. The van der Waals surface area contributed by atoms with Crippen molar-refractivity contribution in [1.29, 1.82) is 0 Å². The summed E-state index contributed by atoms with van der Waals surface area (Å²) in [4.78, 5) is 0. The molecule has 0 amide bonds. The summed E-state index contributed by atoms with van der Waals surface area (Å²) in [5, 5.41) is 0. The van der Waals surface area contributed by atoms with E-state index in [1.165, 1.54) is 56.0 Å². The van der Waals surface area contributed by atoms with E-state index in [-0.39, 0.29) is 0 Å². The summed E-state index contributed by atoms with van der Waals surface area (Å²) in [6.07, 6.45) is -0.612. The van der Waals surface area contributed by atoms with E-state index in [1.54, 1.807) is 0 Å². The third kappa shape index (κ3) is 7.90. The van der Waals surface area contributed by atoms with Crippen molar-refractivity contribution in [1.82, 2.24) is 0 Å². The van der Waals surface area contributed by atoms with Gasteiger partial charge in [0, 0.05) is 40.8 Å². The number of rotatable bonds is 6. The van der Waals surface area contributed by atoms with E-state index in [0.717, 1.165) is 0 Å². The highest BCUT2D eigenvalue weighted by Gasteiger charge is 2.52. The maximum Gasteiger partial charge on any atom is 0.200 e. The maximum absolute atomic E-state index is 15.4. The van der Waals surface area contributed by atoms with Crippen molar-refractivity contribution < 1.29 is 87.8 Å². The molecule has 0 saturated heterocycles. The van der Waals surface area contributed by atoms with Crippen LogP contribution in [-0.4, -0.2) is 6.15 Å². The number of allylic oxidation sites excluding steroid dienone is 5. The molecule has 0 atom stereocenters. The Bertz CT molecular complexity index is 2800. The number of hydrogen-bond acceptors (Lipinski definition) is 0. The lowest BCUT2D eigenvalue weighted by atomic mass is 9.12. The van der Waals surface area contributed by atoms with Crippen LogP contribution < -0.4 is 21.9 Å². The molecule has 0 saturated carbocycles. The van der Waals surface area contributed by atoms with Crippen LogP contribution in [0.3, 0.4) is 0 Å². The zero-order chi connectivity index (χ0) is 52.5. The van der Waals surface area contributed by atoms with Gasteiger partial charge in [0.2, 0.25) is 0 Å². The Balaban J connectivity index is 0.000000270. The van der Waals surface area contributed by atoms with Crippen molar-refractivity contribution in [2.75, 3.05) is 0 Å². The second-order valence-corrected chi connectivity index (χ2v) is 16.0. The summed E-state index contributed by atoms with van der Waals surface area (Å²) in [5.41, 5.74) is -2.17. The molecule has 0 nitrogen and oxygen atoms in total. The fraction of sp³-hybridized carbons (Fsp3) is 0.122. The lowest BCUT2D eigenvalue weighted by Gasteiger charge is -2.44. The zero-order valence-electron chi connectivity index (χ0n) is 36.3. The quantitative estimate of drug-likeness (QED) is 0.0513. The molecule has 6 aromatic rings. The topological polar surface area (TPSA) is 0 Å². The first kappa shape index (κ1) is 52.4. The lowest BCUT2D eigenvalue weighted by Crippen LogP contribution is -2.81. The minimum Gasteiger partial charge on any atom is -0.207 e. The van der Waals surface area contributed by atoms with Crippen LogP contribution in [0.25, 0.3) is 5.57 Å². The van der Waals surface area contributed by atoms with Gasteiger partial charge in [-0.2, -0.15) is 0 Å². The van der Waals surface area contributed by atoms with Crippen LogP contribution in [0.15, 0.2) is 65.8 Å². The van der Waals surface area contributed by atoms with Crippen LogP contribution in [0.2, 0.25) is 0 Å². The van der Waals surface area contributed by atoms with Crippen LogP contribution in [-0.2, 0) is 0 Å². The summed E-state index contributed by atoms with van der Waals surface area (Å²) in [5.74, 6) is -70.1. The highest BCUT2D eigenvalue weighted by Crippen LogP contribution is 2.42. The second kappa shape index (κ2) is 19.1. The molecule has 366 valence electrons. The first-order valence-electron chi connectivity index (χ1n) is 19.9. The van der Waals surface area contributed by atoms with E-state index in [9.17, 15) is 52.7 Å². The van der Waals surface area contributed by atoms with E-state index in [2.05, 4.69) is 96.2 Å².